The summed E-state index contributed by atoms with van der Waals surface area (Å²) in [5, 5.41) is 9.80. The molecule has 0 aliphatic carbocycles. The highest BCUT2D eigenvalue weighted by atomic mass is 32.2. The summed E-state index contributed by atoms with van der Waals surface area (Å²) in [5.41, 5.74) is 5.78. The third-order valence-electron chi connectivity index (χ3n) is 4.89. The summed E-state index contributed by atoms with van der Waals surface area (Å²) in [6.45, 7) is 11.1. The van der Waals surface area contributed by atoms with Gasteiger partial charge in [-0.25, -0.2) is 9.78 Å². The molecule has 0 atom stereocenters. The number of nitrogens with zero attached hydrogens (tertiary/aromatic N) is 4. The second kappa shape index (κ2) is 11.2. The molecule has 1 amide bonds. The van der Waals surface area contributed by atoms with Crippen molar-refractivity contribution < 1.29 is 9.59 Å². The number of hydrogen-bond donors (Lipinski definition) is 2. The number of nitrogens with two attached hydrogens (primary N) is 1. The number of ketones is 1. The molecule has 0 saturated carbocycles. The normalized spacial score (nSPS) is 11.0. The number of hydrogen-bond acceptors (Lipinski definition) is 8. The van der Waals surface area contributed by atoms with Crippen molar-refractivity contribution in [1.82, 2.24) is 14.5 Å². The first-order valence-electron chi connectivity index (χ1n) is 10.9. The maximum atomic E-state index is 13.3. The van der Waals surface area contributed by atoms with E-state index in [1.54, 1.807) is 6.92 Å². The number of aryl methyl sites for hydroxylation is 1. The van der Waals surface area contributed by atoms with Crippen LogP contribution in [0, 0.1) is 30.1 Å². The summed E-state index contributed by atoms with van der Waals surface area (Å²) in [5.74, 6) is -0.745. The van der Waals surface area contributed by atoms with Crippen LogP contribution >= 0.6 is 11.8 Å². The Hall–Kier alpha value is -3.39. The van der Waals surface area contributed by atoms with E-state index in [9.17, 15) is 24.4 Å². The molecule has 34 heavy (non-hydrogen) atoms. The molecular formula is C23H30N6O4S. The van der Waals surface area contributed by atoms with Gasteiger partial charge in [0.2, 0.25) is 5.91 Å². The summed E-state index contributed by atoms with van der Waals surface area (Å²) in [4.78, 5) is 57.9. The average Bonchev–Trinajstić information content (AvgIpc) is 2.73. The van der Waals surface area contributed by atoms with Gasteiger partial charge in [0.05, 0.1) is 11.3 Å². The number of carbonyl (C=O) groups is 2. The highest BCUT2D eigenvalue weighted by molar-refractivity contribution is 8.00. The molecule has 3 N–H and O–H groups in total. The quantitative estimate of drug-likeness (QED) is 0.404. The minimum absolute atomic E-state index is 0.00288. The molecule has 0 fully saturated rings. The fourth-order valence-electron chi connectivity index (χ4n) is 3.41. The van der Waals surface area contributed by atoms with Gasteiger partial charge in [-0.15, -0.1) is 0 Å². The van der Waals surface area contributed by atoms with Gasteiger partial charge in [-0.3, -0.25) is 23.9 Å². The second-order valence-electron chi connectivity index (χ2n) is 8.83. The number of aromatic nitrogens is 3. The standard InChI is InChI=1S/C23H30N6O4S/c1-12(2)9-28(19-20(25)29(10-13(3)4)23(33)27-21(19)32)18(31)11-34-22-16(8-24)7-17(15(6)30)14(5)26-22/h7,12-13H,9-11,25H2,1-6H3,(H,27,32,33). The van der Waals surface area contributed by atoms with Crippen LogP contribution in [-0.2, 0) is 11.3 Å². The zero-order valence-electron chi connectivity index (χ0n) is 20.3. The lowest BCUT2D eigenvalue weighted by atomic mass is 10.1. The molecule has 2 aromatic heterocycles. The summed E-state index contributed by atoms with van der Waals surface area (Å²) >= 11 is 1.04. The van der Waals surface area contributed by atoms with Crippen LogP contribution in [0.3, 0.4) is 0 Å². The van der Waals surface area contributed by atoms with Gasteiger partial charge < -0.3 is 10.6 Å². The Morgan fingerprint density at radius 1 is 1.26 bits per heavy atom. The molecule has 2 rings (SSSR count). The number of nitrogen functional groups attached to an aromatic ring is 1. The van der Waals surface area contributed by atoms with Gasteiger partial charge in [-0.2, -0.15) is 5.26 Å². The summed E-state index contributed by atoms with van der Waals surface area (Å²) in [6.07, 6.45) is 0. The molecule has 0 aliphatic rings. The molecule has 0 saturated heterocycles. The zero-order chi connectivity index (χ0) is 25.7. The number of amides is 1. The van der Waals surface area contributed by atoms with E-state index in [-0.39, 0.29) is 53.5 Å². The third kappa shape index (κ3) is 6.14. The molecule has 2 heterocycles. The van der Waals surface area contributed by atoms with E-state index in [0.29, 0.717) is 16.3 Å². The number of thioether (sulfide) groups is 1. The Balaban J connectivity index is 2.46. The lowest BCUT2D eigenvalue weighted by Gasteiger charge is -2.26. The molecule has 0 aromatic carbocycles. The van der Waals surface area contributed by atoms with Crippen LogP contribution in [0.5, 0.6) is 0 Å². The largest absolute Gasteiger partial charge is 0.383 e. The number of rotatable bonds is 9. The summed E-state index contributed by atoms with van der Waals surface area (Å²) < 4.78 is 1.26. The molecule has 0 radical (unpaired) electrons. The van der Waals surface area contributed by atoms with Gasteiger partial charge in [-0.05, 0) is 31.7 Å². The molecule has 0 bridgehead atoms. The lowest BCUT2D eigenvalue weighted by molar-refractivity contribution is -0.116. The van der Waals surface area contributed by atoms with E-state index in [1.807, 2.05) is 33.8 Å². The zero-order valence-corrected chi connectivity index (χ0v) is 21.1. The SMILES string of the molecule is CC(=O)c1cc(C#N)c(SCC(=O)N(CC(C)C)c2c(N)n(CC(C)C)c(=O)[nH]c2=O)nc1C. The molecule has 0 aliphatic heterocycles. The number of Topliss-reactive ketones (excluding diaryl/α,β-unsaturated/α-hetero) is 1. The molecule has 11 heteroatoms. The predicted octanol–water partition coefficient (Wildman–Crippen LogP) is 2.33. The molecular weight excluding hydrogens is 456 g/mol. The van der Waals surface area contributed by atoms with Crippen LogP contribution in [0.1, 0.15) is 56.2 Å². The number of aromatic amines is 1. The van der Waals surface area contributed by atoms with Crippen molar-refractivity contribution in [2.75, 3.05) is 22.9 Å². The van der Waals surface area contributed by atoms with Crippen molar-refractivity contribution in [3.05, 3.63) is 43.7 Å². The van der Waals surface area contributed by atoms with Crippen molar-refractivity contribution in [1.29, 1.82) is 5.26 Å². The van der Waals surface area contributed by atoms with E-state index in [1.165, 1.54) is 22.5 Å². The Labute approximate surface area is 202 Å². The van der Waals surface area contributed by atoms with Crippen LogP contribution in [-0.4, -0.2) is 38.5 Å². The van der Waals surface area contributed by atoms with Crippen molar-refractivity contribution in [3.8, 4) is 6.07 Å². The first-order valence-corrected chi connectivity index (χ1v) is 11.8. The van der Waals surface area contributed by atoms with Crippen LogP contribution in [0.15, 0.2) is 20.7 Å². The van der Waals surface area contributed by atoms with E-state index in [4.69, 9.17) is 5.73 Å². The topological polar surface area (TPSA) is 155 Å². The highest BCUT2D eigenvalue weighted by Gasteiger charge is 2.26. The van der Waals surface area contributed by atoms with Crippen LogP contribution < -0.4 is 21.9 Å². The monoisotopic (exact) mass is 486 g/mol. The van der Waals surface area contributed by atoms with Crippen LogP contribution in [0.4, 0.5) is 11.5 Å². The van der Waals surface area contributed by atoms with E-state index in [2.05, 4.69) is 9.97 Å². The lowest BCUT2D eigenvalue weighted by Crippen LogP contribution is -2.43. The summed E-state index contributed by atoms with van der Waals surface area (Å²) in [7, 11) is 0. The number of pyridine rings is 1. The maximum Gasteiger partial charge on any atom is 0.330 e. The number of H-pyrrole nitrogens is 1. The Morgan fingerprint density at radius 3 is 2.44 bits per heavy atom. The number of carbonyl (C=O) groups excluding carboxylic acids is 2. The van der Waals surface area contributed by atoms with Gasteiger partial charge >= 0.3 is 5.69 Å². The minimum Gasteiger partial charge on any atom is -0.383 e. The van der Waals surface area contributed by atoms with Gasteiger partial charge in [0.1, 0.15) is 16.9 Å². The Bertz CT molecular complexity index is 1260. The predicted molar refractivity (Wildman–Crippen MR) is 132 cm³/mol. The number of nitrogens with one attached hydrogen (secondary N) is 1. The van der Waals surface area contributed by atoms with E-state index >= 15 is 0 Å². The maximum absolute atomic E-state index is 13.3. The molecule has 2 aromatic rings. The first-order chi connectivity index (χ1) is 15.9. The molecule has 182 valence electrons. The molecule has 10 nitrogen and oxygen atoms in total. The fraction of sp³-hybridized carbons (Fsp3) is 0.478. The number of nitriles is 1. The molecule has 0 unspecified atom stereocenters. The van der Waals surface area contributed by atoms with Crippen molar-refractivity contribution in [2.45, 2.75) is 53.1 Å². The van der Waals surface area contributed by atoms with Gasteiger partial charge in [-0.1, -0.05) is 39.5 Å². The van der Waals surface area contributed by atoms with Crippen molar-refractivity contribution >= 4 is 35.0 Å². The second-order valence-corrected chi connectivity index (χ2v) is 9.79. The fourth-order valence-corrected chi connectivity index (χ4v) is 4.28. The highest BCUT2D eigenvalue weighted by Crippen LogP contribution is 2.25. The van der Waals surface area contributed by atoms with Crippen molar-refractivity contribution in [3.63, 3.8) is 0 Å². The smallest absolute Gasteiger partial charge is 0.330 e. The van der Waals surface area contributed by atoms with E-state index in [0.717, 1.165) is 11.8 Å². The first kappa shape index (κ1) is 26.9. The average molecular weight is 487 g/mol. The van der Waals surface area contributed by atoms with E-state index < -0.39 is 17.2 Å². The molecule has 0 spiro atoms. The van der Waals surface area contributed by atoms with Crippen LogP contribution in [0.25, 0.3) is 0 Å². The summed E-state index contributed by atoms with van der Waals surface area (Å²) in [6, 6.07) is 3.48. The minimum atomic E-state index is -0.737. The Kier molecular flexibility index (Phi) is 8.81. The Morgan fingerprint density at radius 2 is 1.91 bits per heavy atom. The number of anilines is 2. The van der Waals surface area contributed by atoms with Gasteiger partial charge in [0, 0.05) is 24.3 Å². The third-order valence-corrected chi connectivity index (χ3v) is 5.87. The van der Waals surface area contributed by atoms with Gasteiger partial charge in [0.15, 0.2) is 11.5 Å². The van der Waals surface area contributed by atoms with Gasteiger partial charge in [0.25, 0.3) is 5.56 Å². The van der Waals surface area contributed by atoms with Crippen LogP contribution in [0.2, 0.25) is 0 Å². The van der Waals surface area contributed by atoms with Crippen molar-refractivity contribution in [2.24, 2.45) is 11.8 Å².